The fourth-order valence-corrected chi connectivity index (χ4v) is 12.1. The van der Waals surface area contributed by atoms with Crippen LogP contribution in [0.1, 0.15) is 85.8 Å². The molecule has 270 valence electrons. The molecule has 0 saturated heterocycles. The van der Waals surface area contributed by atoms with Gasteiger partial charge >= 0.3 is 5.97 Å². The zero-order chi connectivity index (χ0) is 36.8. The molecule has 2 unspecified atom stereocenters. The summed E-state index contributed by atoms with van der Waals surface area (Å²) < 4.78 is 9.56. The SMILES string of the molecule is CCOC12CC3(C)CC(C)(CC(Cn4ncc(-c5ccc(-c6ccc7cccc(C(=O)Nc8nc9ncccc9s8)c7c6)nc5C(=O)O)c4C)(C3)C1)C2. The standard InChI is InChI=1S/C42H42N6O4S/c1-5-52-42-21-39(3)18-40(4,22-42)20-41(19-39,23-42)24-48-25(2)31(17-44-48)28-13-14-32(45-34(28)37(50)51)27-12-11-26-8-6-9-29(30(26)16-27)36(49)47-38-46-35-33(53-38)10-7-15-43-35/h6-17H,5,18-24H2,1-4H3,(H,50,51)(H,43,46,47,49). The molecule has 4 bridgehead atoms. The normalized spacial score (nSPS) is 26.0. The summed E-state index contributed by atoms with van der Waals surface area (Å²) in [6, 6.07) is 18.7. The number of ether oxygens (including phenoxy) is 1. The maximum absolute atomic E-state index is 13.5. The summed E-state index contributed by atoms with van der Waals surface area (Å²) in [7, 11) is 0. The van der Waals surface area contributed by atoms with E-state index in [2.05, 4.69) is 40.7 Å². The second-order valence-electron chi connectivity index (χ2n) is 16.5. The van der Waals surface area contributed by atoms with Crippen LogP contribution < -0.4 is 5.32 Å². The van der Waals surface area contributed by atoms with Crippen LogP contribution in [0.4, 0.5) is 5.13 Å². The molecule has 2 atom stereocenters. The van der Waals surface area contributed by atoms with Crippen LogP contribution in [0.25, 0.3) is 43.5 Å². The molecule has 53 heavy (non-hydrogen) atoms. The van der Waals surface area contributed by atoms with Crippen molar-refractivity contribution in [2.75, 3.05) is 11.9 Å². The highest BCUT2D eigenvalue weighted by molar-refractivity contribution is 7.22. The van der Waals surface area contributed by atoms with Crippen molar-refractivity contribution >= 4 is 49.5 Å². The average Bonchev–Trinajstić information content (AvgIpc) is 3.67. The van der Waals surface area contributed by atoms with Gasteiger partial charge in [0.1, 0.15) is 0 Å². The van der Waals surface area contributed by atoms with Gasteiger partial charge in [-0.05, 0) is 116 Å². The van der Waals surface area contributed by atoms with Crippen LogP contribution in [-0.2, 0) is 11.3 Å². The molecular formula is C42H42N6O4S. The molecule has 4 fully saturated rings. The third kappa shape index (κ3) is 5.81. The molecular weight excluding hydrogens is 685 g/mol. The van der Waals surface area contributed by atoms with Gasteiger partial charge in [0, 0.05) is 47.3 Å². The quantitative estimate of drug-likeness (QED) is 0.151. The van der Waals surface area contributed by atoms with Gasteiger partial charge in [0.15, 0.2) is 16.5 Å². The highest BCUT2D eigenvalue weighted by atomic mass is 32.1. The van der Waals surface area contributed by atoms with Crippen molar-refractivity contribution in [3.05, 3.63) is 90.0 Å². The fourth-order valence-electron chi connectivity index (χ4n) is 11.3. The Morgan fingerprint density at radius 1 is 0.943 bits per heavy atom. The van der Waals surface area contributed by atoms with Gasteiger partial charge in [-0.15, -0.1) is 0 Å². The number of pyridine rings is 2. The molecule has 4 aliphatic rings. The monoisotopic (exact) mass is 726 g/mol. The topological polar surface area (TPSA) is 132 Å². The number of thiazole rings is 1. The summed E-state index contributed by atoms with van der Waals surface area (Å²) in [6.07, 6.45) is 10.3. The van der Waals surface area contributed by atoms with E-state index in [4.69, 9.17) is 14.8 Å². The fraction of sp³-hybridized carbons (Fsp3) is 0.381. The molecule has 6 aromatic rings. The molecule has 10 rings (SSSR count). The first-order valence-electron chi connectivity index (χ1n) is 18.3. The molecule has 1 amide bonds. The number of fused-ring (bicyclic) bond motifs is 2. The van der Waals surface area contributed by atoms with E-state index in [9.17, 15) is 14.7 Å². The van der Waals surface area contributed by atoms with E-state index in [0.29, 0.717) is 33.2 Å². The molecule has 4 aliphatic carbocycles. The van der Waals surface area contributed by atoms with Gasteiger partial charge in [0.25, 0.3) is 5.91 Å². The Balaban J connectivity index is 1.02. The van der Waals surface area contributed by atoms with Crippen molar-refractivity contribution in [1.29, 1.82) is 0 Å². The van der Waals surface area contributed by atoms with Crippen molar-refractivity contribution in [1.82, 2.24) is 24.7 Å². The number of hydrogen-bond acceptors (Lipinski definition) is 8. The Bertz CT molecular complexity index is 2420. The third-order valence-electron chi connectivity index (χ3n) is 11.9. The number of rotatable bonds is 9. The number of aromatic carboxylic acids is 1. The maximum atomic E-state index is 13.5. The lowest BCUT2D eigenvalue weighted by Gasteiger charge is -2.69. The molecule has 0 spiro atoms. The molecule has 0 radical (unpaired) electrons. The number of carbonyl (C=O) groups excluding carboxylic acids is 1. The summed E-state index contributed by atoms with van der Waals surface area (Å²) >= 11 is 1.36. The van der Waals surface area contributed by atoms with Crippen molar-refractivity contribution in [3.8, 4) is 22.4 Å². The zero-order valence-electron chi connectivity index (χ0n) is 30.4. The first-order valence-corrected chi connectivity index (χ1v) is 19.2. The van der Waals surface area contributed by atoms with Crippen molar-refractivity contribution in [2.45, 2.75) is 78.4 Å². The van der Waals surface area contributed by atoms with E-state index in [-0.39, 0.29) is 33.4 Å². The summed E-state index contributed by atoms with van der Waals surface area (Å²) in [4.78, 5) is 39.8. The molecule has 11 heteroatoms. The maximum Gasteiger partial charge on any atom is 0.355 e. The summed E-state index contributed by atoms with van der Waals surface area (Å²) in [6.45, 7) is 10.6. The number of aromatic nitrogens is 5. The van der Waals surface area contributed by atoms with Gasteiger partial charge in [0.05, 0.1) is 22.2 Å². The lowest BCUT2D eigenvalue weighted by atomic mass is 9.39. The first-order chi connectivity index (χ1) is 25.4. The van der Waals surface area contributed by atoms with E-state index in [1.807, 2.05) is 61.5 Å². The van der Waals surface area contributed by atoms with Gasteiger partial charge in [-0.2, -0.15) is 10.1 Å². The van der Waals surface area contributed by atoms with Crippen LogP contribution in [0.5, 0.6) is 0 Å². The Labute approximate surface area is 311 Å². The number of nitrogens with one attached hydrogen (secondary N) is 1. The minimum atomic E-state index is -1.11. The number of carbonyl (C=O) groups is 2. The number of benzene rings is 2. The summed E-state index contributed by atoms with van der Waals surface area (Å²) in [5, 5.41) is 20.3. The van der Waals surface area contributed by atoms with E-state index in [0.717, 1.165) is 72.0 Å². The second-order valence-corrected chi connectivity index (χ2v) is 17.6. The molecule has 2 aromatic carbocycles. The number of hydrogen-bond donors (Lipinski definition) is 2. The predicted molar refractivity (Wildman–Crippen MR) is 206 cm³/mol. The Hall–Kier alpha value is -5.00. The number of carboxylic acids is 1. The highest BCUT2D eigenvalue weighted by Crippen LogP contribution is 2.72. The summed E-state index contributed by atoms with van der Waals surface area (Å²) in [5.41, 5.74) is 4.97. The Morgan fingerprint density at radius 2 is 1.75 bits per heavy atom. The molecule has 2 N–H and O–H groups in total. The van der Waals surface area contributed by atoms with Crippen molar-refractivity contribution < 1.29 is 19.4 Å². The van der Waals surface area contributed by atoms with Gasteiger partial charge in [0.2, 0.25) is 0 Å². The van der Waals surface area contributed by atoms with E-state index in [1.165, 1.54) is 17.8 Å². The molecule has 4 heterocycles. The van der Waals surface area contributed by atoms with Gasteiger partial charge in [-0.25, -0.2) is 14.8 Å². The average molecular weight is 727 g/mol. The van der Waals surface area contributed by atoms with E-state index < -0.39 is 5.97 Å². The number of carboxylic acid groups (broad SMARTS) is 1. The zero-order valence-corrected chi connectivity index (χ0v) is 31.2. The molecule has 0 aliphatic heterocycles. The highest BCUT2D eigenvalue weighted by Gasteiger charge is 2.66. The second kappa shape index (κ2) is 12.0. The minimum absolute atomic E-state index is 0.0363. The largest absolute Gasteiger partial charge is 0.476 e. The molecule has 10 nitrogen and oxygen atoms in total. The lowest BCUT2D eigenvalue weighted by molar-refractivity contribution is -0.246. The minimum Gasteiger partial charge on any atom is -0.476 e. The van der Waals surface area contributed by atoms with Crippen molar-refractivity contribution in [3.63, 3.8) is 0 Å². The first kappa shape index (κ1) is 33.8. The third-order valence-corrected chi connectivity index (χ3v) is 12.8. The van der Waals surface area contributed by atoms with Crippen molar-refractivity contribution in [2.24, 2.45) is 16.2 Å². The van der Waals surface area contributed by atoms with Crippen LogP contribution in [0.15, 0.2) is 73.1 Å². The Morgan fingerprint density at radius 3 is 2.51 bits per heavy atom. The van der Waals surface area contributed by atoms with E-state index >= 15 is 0 Å². The van der Waals surface area contributed by atoms with Crippen LogP contribution in [0.2, 0.25) is 0 Å². The lowest BCUT2D eigenvalue weighted by Crippen LogP contribution is -2.64. The van der Waals surface area contributed by atoms with Gasteiger partial charge in [-0.1, -0.05) is 49.4 Å². The number of amides is 1. The molecule has 4 saturated carbocycles. The summed E-state index contributed by atoms with van der Waals surface area (Å²) in [5.74, 6) is -1.40. The smallest absolute Gasteiger partial charge is 0.355 e. The van der Waals surface area contributed by atoms with Crippen LogP contribution in [0, 0.1) is 23.2 Å². The van der Waals surface area contributed by atoms with Crippen LogP contribution >= 0.6 is 11.3 Å². The Kier molecular flexibility index (Phi) is 7.66. The van der Waals surface area contributed by atoms with Crippen LogP contribution in [-0.4, -0.2) is 53.9 Å². The van der Waals surface area contributed by atoms with E-state index in [1.54, 1.807) is 18.5 Å². The number of nitrogens with zero attached hydrogens (tertiary/aromatic N) is 5. The molecule has 4 aromatic heterocycles. The van der Waals surface area contributed by atoms with Gasteiger partial charge in [-0.3, -0.25) is 14.8 Å². The number of anilines is 1. The van der Waals surface area contributed by atoms with Gasteiger partial charge < -0.3 is 9.84 Å². The predicted octanol–water partition coefficient (Wildman–Crippen LogP) is 9.18. The van der Waals surface area contributed by atoms with Crippen LogP contribution in [0.3, 0.4) is 0 Å².